The first-order chi connectivity index (χ1) is 8.63. The molecule has 2 rings (SSSR count). The summed E-state index contributed by atoms with van der Waals surface area (Å²) in [6, 6.07) is 6.54. The van der Waals surface area contributed by atoms with Crippen molar-refractivity contribution in [1.29, 1.82) is 0 Å². The van der Waals surface area contributed by atoms with Crippen molar-refractivity contribution in [3.8, 4) is 0 Å². The van der Waals surface area contributed by atoms with Crippen LogP contribution in [-0.4, -0.2) is 23.9 Å². The molecule has 1 aromatic rings. The van der Waals surface area contributed by atoms with E-state index in [0.717, 1.165) is 18.4 Å². The van der Waals surface area contributed by atoms with Crippen molar-refractivity contribution in [2.45, 2.75) is 52.0 Å². The molecule has 0 saturated heterocycles. The maximum atomic E-state index is 12.4. The molecule has 1 aliphatic rings. The van der Waals surface area contributed by atoms with E-state index in [2.05, 4.69) is 26.0 Å². The van der Waals surface area contributed by atoms with Crippen molar-refractivity contribution in [1.82, 2.24) is 4.90 Å². The monoisotopic (exact) mass is 245 g/mol. The summed E-state index contributed by atoms with van der Waals surface area (Å²) in [7, 11) is 1.90. The van der Waals surface area contributed by atoms with Crippen LogP contribution in [0.2, 0.25) is 0 Å². The highest BCUT2D eigenvalue weighted by Crippen LogP contribution is 2.23. The molecule has 0 fully saturated rings. The number of hydrogen-bond donors (Lipinski definition) is 0. The van der Waals surface area contributed by atoms with Gasteiger partial charge in [-0.1, -0.05) is 13.0 Å². The lowest BCUT2D eigenvalue weighted by Crippen LogP contribution is -2.34. The van der Waals surface area contributed by atoms with Crippen LogP contribution in [0.5, 0.6) is 0 Å². The van der Waals surface area contributed by atoms with Crippen LogP contribution in [0.15, 0.2) is 18.2 Å². The molecular formula is C16H23NO. The third-order valence-electron chi connectivity index (χ3n) is 4.17. The summed E-state index contributed by atoms with van der Waals surface area (Å²) in [5.41, 5.74) is 3.66. The van der Waals surface area contributed by atoms with Gasteiger partial charge in [0.25, 0.3) is 5.91 Å². The summed E-state index contributed by atoms with van der Waals surface area (Å²) in [6.07, 6.45) is 5.83. The molecule has 0 spiro atoms. The minimum atomic E-state index is 0.151. The van der Waals surface area contributed by atoms with Gasteiger partial charge < -0.3 is 4.90 Å². The SMILES string of the molecule is CCC(C)N(C)C(=O)c1ccc2c(c1)CCCC2. The summed E-state index contributed by atoms with van der Waals surface area (Å²) in [5.74, 6) is 0.151. The molecule has 0 aromatic heterocycles. The maximum Gasteiger partial charge on any atom is 0.253 e. The first kappa shape index (κ1) is 13.1. The van der Waals surface area contributed by atoms with Crippen LogP contribution in [0.4, 0.5) is 0 Å². The van der Waals surface area contributed by atoms with E-state index in [-0.39, 0.29) is 5.91 Å². The van der Waals surface area contributed by atoms with Gasteiger partial charge in [0.05, 0.1) is 0 Å². The second-order valence-electron chi connectivity index (χ2n) is 5.36. The number of carbonyl (C=O) groups is 1. The molecule has 1 atom stereocenters. The van der Waals surface area contributed by atoms with Crippen molar-refractivity contribution >= 4 is 5.91 Å². The van der Waals surface area contributed by atoms with E-state index >= 15 is 0 Å². The predicted octanol–water partition coefficient (Wildman–Crippen LogP) is 3.44. The van der Waals surface area contributed by atoms with Crippen molar-refractivity contribution in [3.05, 3.63) is 34.9 Å². The van der Waals surface area contributed by atoms with E-state index in [9.17, 15) is 4.79 Å². The minimum absolute atomic E-state index is 0.151. The Bertz CT molecular complexity index is 439. The van der Waals surface area contributed by atoms with Gasteiger partial charge >= 0.3 is 0 Å². The van der Waals surface area contributed by atoms with Gasteiger partial charge in [-0.25, -0.2) is 0 Å². The van der Waals surface area contributed by atoms with E-state index in [1.807, 2.05) is 18.0 Å². The number of fused-ring (bicyclic) bond motifs is 1. The van der Waals surface area contributed by atoms with Gasteiger partial charge in [-0.05, 0) is 62.3 Å². The smallest absolute Gasteiger partial charge is 0.253 e. The zero-order chi connectivity index (χ0) is 13.1. The molecule has 0 bridgehead atoms. The summed E-state index contributed by atoms with van der Waals surface area (Å²) in [5, 5.41) is 0. The topological polar surface area (TPSA) is 20.3 Å². The zero-order valence-corrected chi connectivity index (χ0v) is 11.7. The number of aryl methyl sites for hydroxylation is 2. The van der Waals surface area contributed by atoms with Crippen LogP contribution in [-0.2, 0) is 12.8 Å². The molecule has 0 saturated carbocycles. The van der Waals surface area contributed by atoms with Crippen molar-refractivity contribution < 1.29 is 4.79 Å². The van der Waals surface area contributed by atoms with Crippen molar-refractivity contribution in [3.63, 3.8) is 0 Å². The quantitative estimate of drug-likeness (QED) is 0.799. The average molecular weight is 245 g/mol. The molecule has 0 radical (unpaired) electrons. The van der Waals surface area contributed by atoms with Gasteiger partial charge in [-0.15, -0.1) is 0 Å². The summed E-state index contributed by atoms with van der Waals surface area (Å²) < 4.78 is 0. The second kappa shape index (κ2) is 5.55. The van der Waals surface area contributed by atoms with Gasteiger partial charge in [0.1, 0.15) is 0 Å². The number of rotatable bonds is 3. The Balaban J connectivity index is 2.20. The number of benzene rings is 1. The first-order valence-corrected chi connectivity index (χ1v) is 7.02. The molecule has 2 nitrogen and oxygen atoms in total. The Labute approximate surface area is 110 Å². The molecule has 1 aliphatic carbocycles. The molecule has 0 aliphatic heterocycles. The molecule has 18 heavy (non-hydrogen) atoms. The summed E-state index contributed by atoms with van der Waals surface area (Å²) in [6.45, 7) is 4.21. The second-order valence-corrected chi connectivity index (χ2v) is 5.36. The van der Waals surface area contributed by atoms with Gasteiger partial charge in [-0.2, -0.15) is 0 Å². The van der Waals surface area contributed by atoms with Crippen LogP contribution >= 0.6 is 0 Å². The van der Waals surface area contributed by atoms with E-state index < -0.39 is 0 Å². The van der Waals surface area contributed by atoms with Crippen LogP contribution in [0.25, 0.3) is 0 Å². The normalized spacial score (nSPS) is 15.9. The van der Waals surface area contributed by atoms with Gasteiger partial charge in [0, 0.05) is 18.7 Å². The first-order valence-electron chi connectivity index (χ1n) is 7.02. The Morgan fingerprint density at radius 2 is 1.94 bits per heavy atom. The van der Waals surface area contributed by atoms with Crippen LogP contribution in [0.3, 0.4) is 0 Å². The predicted molar refractivity (Wildman–Crippen MR) is 74.9 cm³/mol. The number of amides is 1. The van der Waals surface area contributed by atoms with Gasteiger partial charge in [-0.3, -0.25) is 4.79 Å². The minimum Gasteiger partial charge on any atom is -0.339 e. The lowest BCUT2D eigenvalue weighted by molar-refractivity contribution is 0.0740. The third-order valence-corrected chi connectivity index (χ3v) is 4.17. The Hall–Kier alpha value is -1.31. The maximum absolute atomic E-state index is 12.4. The largest absolute Gasteiger partial charge is 0.339 e. The fraction of sp³-hybridized carbons (Fsp3) is 0.562. The molecule has 1 aromatic carbocycles. The lowest BCUT2D eigenvalue weighted by atomic mass is 9.90. The zero-order valence-electron chi connectivity index (χ0n) is 11.7. The van der Waals surface area contributed by atoms with Crippen LogP contribution in [0.1, 0.15) is 54.6 Å². The highest BCUT2D eigenvalue weighted by atomic mass is 16.2. The molecule has 0 heterocycles. The number of carbonyl (C=O) groups excluding carboxylic acids is 1. The molecule has 1 amide bonds. The Morgan fingerprint density at radius 1 is 1.28 bits per heavy atom. The average Bonchev–Trinajstić information content (AvgIpc) is 2.44. The van der Waals surface area contributed by atoms with Crippen LogP contribution < -0.4 is 0 Å². The van der Waals surface area contributed by atoms with Gasteiger partial charge in [0.2, 0.25) is 0 Å². The highest BCUT2D eigenvalue weighted by Gasteiger charge is 2.18. The lowest BCUT2D eigenvalue weighted by Gasteiger charge is -2.25. The Kier molecular flexibility index (Phi) is 4.05. The van der Waals surface area contributed by atoms with E-state index in [1.54, 1.807) is 0 Å². The molecule has 98 valence electrons. The third kappa shape index (κ3) is 2.58. The number of hydrogen-bond acceptors (Lipinski definition) is 1. The van der Waals surface area contributed by atoms with Crippen molar-refractivity contribution in [2.24, 2.45) is 0 Å². The Morgan fingerprint density at radius 3 is 2.61 bits per heavy atom. The van der Waals surface area contributed by atoms with E-state index in [1.165, 1.54) is 30.4 Å². The molecule has 1 unspecified atom stereocenters. The molecule has 0 N–H and O–H groups in total. The van der Waals surface area contributed by atoms with Gasteiger partial charge in [0.15, 0.2) is 0 Å². The van der Waals surface area contributed by atoms with E-state index in [4.69, 9.17) is 0 Å². The molecular weight excluding hydrogens is 222 g/mol. The molecule has 2 heteroatoms. The van der Waals surface area contributed by atoms with Crippen molar-refractivity contribution in [2.75, 3.05) is 7.05 Å². The highest BCUT2D eigenvalue weighted by molar-refractivity contribution is 5.94. The van der Waals surface area contributed by atoms with Crippen LogP contribution in [0, 0.1) is 0 Å². The summed E-state index contributed by atoms with van der Waals surface area (Å²) >= 11 is 0. The van der Waals surface area contributed by atoms with E-state index in [0.29, 0.717) is 6.04 Å². The standard InChI is InChI=1S/C16H23NO/c1-4-12(2)17(3)16(18)15-10-9-13-7-5-6-8-14(13)11-15/h9-12H,4-8H2,1-3H3. The summed E-state index contributed by atoms with van der Waals surface area (Å²) in [4.78, 5) is 14.2. The fourth-order valence-corrected chi connectivity index (χ4v) is 2.54. The fourth-order valence-electron chi connectivity index (χ4n) is 2.54. The number of nitrogens with zero attached hydrogens (tertiary/aromatic N) is 1.